The van der Waals surface area contributed by atoms with E-state index in [4.69, 9.17) is 14.2 Å². The fourth-order valence-corrected chi connectivity index (χ4v) is 3.26. The van der Waals surface area contributed by atoms with Crippen molar-refractivity contribution < 1.29 is 23.8 Å². The van der Waals surface area contributed by atoms with Crippen LogP contribution in [-0.4, -0.2) is 69.1 Å². The summed E-state index contributed by atoms with van der Waals surface area (Å²) >= 11 is 0. The standard InChI is InChI=1S/C23H26N2O5/c1-28-19-6-4-5-17(13-19)7-8-22(26)24-9-11-25(12-10-24)23(27)18-14-20(29-2)16-21(15-18)30-3/h4-8,13-16H,9-12H2,1-3H3/b8-7+. The number of hydrogen-bond acceptors (Lipinski definition) is 5. The molecule has 1 heterocycles. The van der Waals surface area contributed by atoms with Crippen LogP contribution in [0.25, 0.3) is 6.08 Å². The second-order valence-corrected chi connectivity index (χ2v) is 6.83. The summed E-state index contributed by atoms with van der Waals surface area (Å²) in [6.45, 7) is 1.90. The van der Waals surface area contributed by atoms with Gasteiger partial charge in [0, 0.05) is 43.9 Å². The van der Waals surface area contributed by atoms with Crippen molar-refractivity contribution >= 4 is 17.9 Å². The fourth-order valence-electron chi connectivity index (χ4n) is 3.26. The highest BCUT2D eigenvalue weighted by Gasteiger charge is 2.24. The summed E-state index contributed by atoms with van der Waals surface area (Å²) in [4.78, 5) is 28.9. The maximum Gasteiger partial charge on any atom is 0.254 e. The predicted octanol–water partition coefficient (Wildman–Crippen LogP) is 2.71. The number of methoxy groups -OCH3 is 3. The van der Waals surface area contributed by atoms with Crippen LogP contribution in [0.3, 0.4) is 0 Å². The van der Waals surface area contributed by atoms with Crippen molar-refractivity contribution in [2.24, 2.45) is 0 Å². The second-order valence-electron chi connectivity index (χ2n) is 6.83. The molecule has 0 spiro atoms. The maximum absolute atomic E-state index is 12.9. The van der Waals surface area contributed by atoms with Crippen molar-refractivity contribution in [2.45, 2.75) is 0 Å². The number of carbonyl (C=O) groups is 2. The van der Waals surface area contributed by atoms with Crippen molar-refractivity contribution in [3.8, 4) is 17.2 Å². The van der Waals surface area contributed by atoms with Crippen LogP contribution in [0.15, 0.2) is 48.5 Å². The number of benzene rings is 2. The lowest BCUT2D eigenvalue weighted by Gasteiger charge is -2.34. The summed E-state index contributed by atoms with van der Waals surface area (Å²) in [5.74, 6) is 1.69. The zero-order valence-corrected chi connectivity index (χ0v) is 17.5. The van der Waals surface area contributed by atoms with Gasteiger partial charge in [-0.25, -0.2) is 0 Å². The minimum atomic E-state index is -0.105. The van der Waals surface area contributed by atoms with Gasteiger partial charge in [0.05, 0.1) is 21.3 Å². The highest BCUT2D eigenvalue weighted by molar-refractivity contribution is 5.96. The maximum atomic E-state index is 12.9. The van der Waals surface area contributed by atoms with E-state index < -0.39 is 0 Å². The molecule has 2 amide bonds. The molecule has 0 N–H and O–H groups in total. The van der Waals surface area contributed by atoms with Crippen molar-refractivity contribution in [1.82, 2.24) is 9.80 Å². The summed E-state index contributed by atoms with van der Waals surface area (Å²) in [5.41, 5.74) is 1.40. The van der Waals surface area contributed by atoms with E-state index in [1.54, 1.807) is 61.5 Å². The smallest absolute Gasteiger partial charge is 0.254 e. The number of ether oxygens (including phenoxy) is 3. The number of nitrogens with zero attached hydrogens (tertiary/aromatic N) is 2. The molecule has 0 unspecified atom stereocenters. The summed E-state index contributed by atoms with van der Waals surface area (Å²) < 4.78 is 15.7. The lowest BCUT2D eigenvalue weighted by molar-refractivity contribution is -0.127. The van der Waals surface area contributed by atoms with Crippen molar-refractivity contribution in [2.75, 3.05) is 47.5 Å². The second kappa shape index (κ2) is 9.82. The number of carbonyl (C=O) groups excluding carboxylic acids is 2. The lowest BCUT2D eigenvalue weighted by atomic mass is 10.1. The Hall–Kier alpha value is -3.48. The van der Waals surface area contributed by atoms with E-state index in [-0.39, 0.29) is 11.8 Å². The Morgan fingerprint density at radius 2 is 1.40 bits per heavy atom. The minimum Gasteiger partial charge on any atom is -0.497 e. The van der Waals surface area contributed by atoms with Crippen LogP contribution in [-0.2, 0) is 4.79 Å². The van der Waals surface area contributed by atoms with E-state index in [1.165, 1.54) is 0 Å². The Balaban J connectivity index is 1.59. The van der Waals surface area contributed by atoms with Gasteiger partial charge >= 0.3 is 0 Å². The molecule has 0 bridgehead atoms. The summed E-state index contributed by atoms with van der Waals surface area (Å²) in [5, 5.41) is 0. The van der Waals surface area contributed by atoms with E-state index in [1.807, 2.05) is 24.3 Å². The first-order valence-electron chi connectivity index (χ1n) is 9.67. The molecule has 7 nitrogen and oxygen atoms in total. The van der Waals surface area contributed by atoms with Gasteiger partial charge < -0.3 is 24.0 Å². The van der Waals surface area contributed by atoms with Crippen LogP contribution in [0.5, 0.6) is 17.2 Å². The zero-order valence-electron chi connectivity index (χ0n) is 17.5. The van der Waals surface area contributed by atoms with Gasteiger partial charge in [0.2, 0.25) is 5.91 Å². The molecule has 0 radical (unpaired) electrons. The first kappa shape index (κ1) is 21.2. The van der Waals surface area contributed by atoms with Crippen LogP contribution in [0.1, 0.15) is 15.9 Å². The fraction of sp³-hybridized carbons (Fsp3) is 0.304. The van der Waals surface area contributed by atoms with E-state index in [0.717, 1.165) is 11.3 Å². The minimum absolute atomic E-state index is 0.0760. The van der Waals surface area contributed by atoms with Crippen molar-refractivity contribution in [3.05, 3.63) is 59.7 Å². The number of amides is 2. The Labute approximate surface area is 176 Å². The first-order valence-corrected chi connectivity index (χ1v) is 9.67. The average molecular weight is 410 g/mol. The molecule has 158 valence electrons. The monoisotopic (exact) mass is 410 g/mol. The van der Waals surface area contributed by atoms with Crippen molar-refractivity contribution in [1.29, 1.82) is 0 Å². The Bertz CT molecular complexity index is 911. The zero-order chi connectivity index (χ0) is 21.5. The molecule has 2 aromatic carbocycles. The van der Waals surface area contributed by atoms with Gasteiger partial charge in [0.15, 0.2) is 0 Å². The quantitative estimate of drug-likeness (QED) is 0.685. The number of piperazine rings is 1. The third-order valence-corrected chi connectivity index (χ3v) is 4.99. The summed E-state index contributed by atoms with van der Waals surface area (Å²) in [6.07, 6.45) is 3.32. The first-order chi connectivity index (χ1) is 14.5. The number of hydrogen-bond donors (Lipinski definition) is 0. The van der Waals surface area contributed by atoms with E-state index in [9.17, 15) is 9.59 Å². The molecule has 1 aliphatic heterocycles. The molecule has 0 aliphatic carbocycles. The van der Waals surface area contributed by atoms with Gasteiger partial charge in [-0.05, 0) is 35.9 Å². The molecule has 30 heavy (non-hydrogen) atoms. The lowest BCUT2D eigenvalue weighted by Crippen LogP contribution is -2.50. The molecule has 1 fully saturated rings. The Morgan fingerprint density at radius 1 is 0.800 bits per heavy atom. The average Bonchev–Trinajstić information content (AvgIpc) is 2.81. The van der Waals surface area contributed by atoms with Gasteiger partial charge in [-0.3, -0.25) is 9.59 Å². The SMILES string of the molecule is COc1cccc(/C=C/C(=O)N2CCN(C(=O)c3cc(OC)cc(OC)c3)CC2)c1. The largest absolute Gasteiger partial charge is 0.497 e. The van der Waals surface area contributed by atoms with Crippen LogP contribution in [0.2, 0.25) is 0 Å². The molecule has 0 saturated carbocycles. The molecule has 7 heteroatoms. The molecular weight excluding hydrogens is 384 g/mol. The predicted molar refractivity (Wildman–Crippen MR) is 114 cm³/mol. The van der Waals surface area contributed by atoms with Gasteiger partial charge in [-0.2, -0.15) is 0 Å². The topological polar surface area (TPSA) is 68.3 Å². The molecule has 0 atom stereocenters. The van der Waals surface area contributed by atoms with E-state index in [0.29, 0.717) is 43.2 Å². The van der Waals surface area contributed by atoms with Crippen LogP contribution in [0, 0.1) is 0 Å². The van der Waals surface area contributed by atoms with Gasteiger partial charge in [0.1, 0.15) is 17.2 Å². The van der Waals surface area contributed by atoms with Crippen LogP contribution >= 0.6 is 0 Å². The third-order valence-electron chi connectivity index (χ3n) is 4.99. The number of rotatable bonds is 6. The molecule has 0 aromatic heterocycles. The highest BCUT2D eigenvalue weighted by Crippen LogP contribution is 2.24. The van der Waals surface area contributed by atoms with E-state index in [2.05, 4.69) is 0 Å². The van der Waals surface area contributed by atoms with Crippen LogP contribution < -0.4 is 14.2 Å². The Morgan fingerprint density at radius 3 is 2.00 bits per heavy atom. The molecule has 1 aliphatic rings. The van der Waals surface area contributed by atoms with E-state index >= 15 is 0 Å². The molecular formula is C23H26N2O5. The van der Waals surface area contributed by atoms with Gasteiger partial charge in [-0.1, -0.05) is 12.1 Å². The molecule has 1 saturated heterocycles. The molecule has 2 aromatic rings. The summed E-state index contributed by atoms with van der Waals surface area (Å²) in [7, 11) is 4.70. The summed E-state index contributed by atoms with van der Waals surface area (Å²) in [6, 6.07) is 12.6. The highest BCUT2D eigenvalue weighted by atomic mass is 16.5. The van der Waals surface area contributed by atoms with Gasteiger partial charge in [-0.15, -0.1) is 0 Å². The third kappa shape index (κ3) is 5.11. The Kier molecular flexibility index (Phi) is 6.95. The van der Waals surface area contributed by atoms with Crippen LogP contribution in [0.4, 0.5) is 0 Å². The van der Waals surface area contributed by atoms with Gasteiger partial charge in [0.25, 0.3) is 5.91 Å². The normalized spacial score (nSPS) is 14.0. The van der Waals surface area contributed by atoms with Crippen molar-refractivity contribution in [3.63, 3.8) is 0 Å². The molecule has 3 rings (SSSR count).